The van der Waals surface area contributed by atoms with Gasteiger partial charge in [-0.2, -0.15) is 5.10 Å². The van der Waals surface area contributed by atoms with E-state index >= 15 is 0 Å². The second kappa shape index (κ2) is 8.31. The summed E-state index contributed by atoms with van der Waals surface area (Å²) in [6.07, 6.45) is 7.66. The smallest absolute Gasteiger partial charge is 0.225 e. The number of hydrogen-bond donors (Lipinski definition) is 1. The average molecular weight is 349 g/mol. The number of benzene rings is 1. The van der Waals surface area contributed by atoms with Crippen molar-refractivity contribution in [1.29, 1.82) is 0 Å². The van der Waals surface area contributed by atoms with Crippen molar-refractivity contribution in [3.63, 3.8) is 0 Å². The van der Waals surface area contributed by atoms with E-state index in [2.05, 4.69) is 5.10 Å². The van der Waals surface area contributed by atoms with Crippen LogP contribution < -0.4 is 5.73 Å². The molecule has 1 amide bonds. The fourth-order valence-corrected chi connectivity index (χ4v) is 3.28. The van der Waals surface area contributed by atoms with E-state index in [1.807, 2.05) is 54.5 Å². The summed E-state index contributed by atoms with van der Waals surface area (Å²) in [5, 5.41) is 4.38. The van der Waals surface area contributed by atoms with Gasteiger partial charge in [-0.1, -0.05) is 24.6 Å². The zero-order valence-corrected chi connectivity index (χ0v) is 14.8. The number of halogens is 1. The number of carbonyl (C=O) groups excluding carboxylic acids is 1. The molecule has 0 bridgehead atoms. The molecule has 1 saturated carbocycles. The molecule has 1 fully saturated rings. The van der Waals surface area contributed by atoms with Crippen molar-refractivity contribution in [2.24, 2.45) is 11.7 Å². The van der Waals surface area contributed by atoms with Gasteiger partial charge in [-0.25, -0.2) is 4.68 Å². The minimum absolute atomic E-state index is 0. The van der Waals surface area contributed by atoms with Crippen LogP contribution >= 0.6 is 12.4 Å². The van der Waals surface area contributed by atoms with Gasteiger partial charge in [0, 0.05) is 37.3 Å². The first-order valence-corrected chi connectivity index (χ1v) is 8.23. The summed E-state index contributed by atoms with van der Waals surface area (Å²) >= 11 is 0. The molecule has 1 aromatic carbocycles. The normalized spacial score (nSPS) is 20.2. The van der Waals surface area contributed by atoms with Gasteiger partial charge in [-0.3, -0.25) is 4.79 Å². The molecule has 1 aliphatic carbocycles. The first-order valence-electron chi connectivity index (χ1n) is 8.23. The van der Waals surface area contributed by atoms with Crippen LogP contribution in [0.4, 0.5) is 0 Å². The number of nitrogens with zero attached hydrogens (tertiary/aromatic N) is 3. The van der Waals surface area contributed by atoms with Gasteiger partial charge in [0.15, 0.2) is 0 Å². The van der Waals surface area contributed by atoms with E-state index in [0.717, 1.165) is 36.9 Å². The van der Waals surface area contributed by atoms with Crippen LogP contribution in [-0.4, -0.2) is 33.7 Å². The highest BCUT2D eigenvalue weighted by Gasteiger charge is 2.27. The molecule has 2 aromatic rings. The van der Waals surface area contributed by atoms with E-state index in [9.17, 15) is 4.79 Å². The largest absolute Gasteiger partial charge is 0.341 e. The van der Waals surface area contributed by atoms with Gasteiger partial charge in [-0.05, 0) is 31.4 Å². The van der Waals surface area contributed by atoms with Gasteiger partial charge in [0.2, 0.25) is 5.91 Å². The Labute approximate surface area is 149 Å². The number of carbonyl (C=O) groups is 1. The van der Waals surface area contributed by atoms with Crippen LogP contribution in [-0.2, 0) is 11.3 Å². The Kier molecular flexibility index (Phi) is 6.40. The third-order valence-corrected chi connectivity index (χ3v) is 4.52. The maximum absolute atomic E-state index is 12.6. The molecule has 1 heterocycles. The van der Waals surface area contributed by atoms with Crippen LogP contribution in [0, 0.1) is 5.92 Å². The van der Waals surface area contributed by atoms with Crippen molar-refractivity contribution in [2.45, 2.75) is 38.3 Å². The zero-order valence-electron chi connectivity index (χ0n) is 14.0. The molecule has 0 spiro atoms. The van der Waals surface area contributed by atoms with Gasteiger partial charge in [0.25, 0.3) is 0 Å². The predicted octanol–water partition coefficient (Wildman–Crippen LogP) is 2.77. The number of nitrogens with two attached hydrogens (primary N) is 1. The summed E-state index contributed by atoms with van der Waals surface area (Å²) < 4.78 is 1.84. The summed E-state index contributed by atoms with van der Waals surface area (Å²) in [6, 6.07) is 10.1. The van der Waals surface area contributed by atoms with Gasteiger partial charge in [0.05, 0.1) is 11.9 Å². The summed E-state index contributed by atoms with van der Waals surface area (Å²) in [7, 11) is 1.86. The van der Waals surface area contributed by atoms with E-state index in [0.29, 0.717) is 6.54 Å². The minimum atomic E-state index is 0. The molecule has 0 aliphatic heterocycles. The monoisotopic (exact) mass is 348 g/mol. The van der Waals surface area contributed by atoms with Crippen LogP contribution in [0.1, 0.15) is 31.2 Å². The predicted molar refractivity (Wildman–Crippen MR) is 97.2 cm³/mol. The molecule has 3 rings (SSSR count). The lowest BCUT2D eigenvalue weighted by Crippen LogP contribution is -2.38. The molecule has 2 unspecified atom stereocenters. The Balaban J connectivity index is 0.00000208. The van der Waals surface area contributed by atoms with Crippen molar-refractivity contribution in [3.8, 4) is 5.69 Å². The third-order valence-electron chi connectivity index (χ3n) is 4.52. The molecule has 1 aliphatic rings. The van der Waals surface area contributed by atoms with Crippen LogP contribution in [0.25, 0.3) is 5.69 Å². The number of aromatic nitrogens is 2. The second-order valence-electron chi connectivity index (χ2n) is 6.45. The number of rotatable bonds is 4. The van der Waals surface area contributed by atoms with Crippen LogP contribution in [0.2, 0.25) is 0 Å². The lowest BCUT2D eigenvalue weighted by Gasteiger charge is -2.29. The van der Waals surface area contributed by atoms with Crippen molar-refractivity contribution in [2.75, 3.05) is 7.05 Å². The Bertz CT molecular complexity index is 658. The molecule has 130 valence electrons. The minimum Gasteiger partial charge on any atom is -0.341 e. The molecular weight excluding hydrogens is 324 g/mol. The highest BCUT2D eigenvalue weighted by Crippen LogP contribution is 2.25. The van der Waals surface area contributed by atoms with Gasteiger partial charge >= 0.3 is 0 Å². The van der Waals surface area contributed by atoms with Gasteiger partial charge in [0.1, 0.15) is 0 Å². The number of hydrogen-bond acceptors (Lipinski definition) is 3. The highest BCUT2D eigenvalue weighted by molar-refractivity contribution is 5.85. The first-order chi connectivity index (χ1) is 11.1. The fraction of sp³-hybridized carbons (Fsp3) is 0.444. The van der Waals surface area contributed by atoms with E-state index < -0.39 is 0 Å². The van der Waals surface area contributed by atoms with E-state index in [1.165, 1.54) is 0 Å². The lowest BCUT2D eigenvalue weighted by atomic mass is 9.85. The topological polar surface area (TPSA) is 64.2 Å². The fourth-order valence-electron chi connectivity index (χ4n) is 3.28. The molecule has 0 radical (unpaired) electrons. The van der Waals surface area contributed by atoms with E-state index in [-0.39, 0.29) is 30.3 Å². The average Bonchev–Trinajstić information content (AvgIpc) is 3.03. The van der Waals surface area contributed by atoms with Crippen molar-refractivity contribution < 1.29 is 4.79 Å². The van der Waals surface area contributed by atoms with Gasteiger partial charge in [-0.15, -0.1) is 12.4 Å². The van der Waals surface area contributed by atoms with E-state index in [1.54, 1.807) is 4.90 Å². The molecule has 0 saturated heterocycles. The molecule has 1 aromatic heterocycles. The third kappa shape index (κ3) is 4.36. The molecule has 6 heteroatoms. The van der Waals surface area contributed by atoms with Crippen LogP contribution in [0.15, 0.2) is 42.7 Å². The highest BCUT2D eigenvalue weighted by atomic mass is 35.5. The Hall–Kier alpha value is -1.85. The number of amides is 1. The Morgan fingerprint density at radius 1 is 1.33 bits per heavy atom. The number of para-hydroxylation sites is 1. The summed E-state index contributed by atoms with van der Waals surface area (Å²) in [5.41, 5.74) is 8.05. The van der Waals surface area contributed by atoms with E-state index in [4.69, 9.17) is 5.73 Å². The second-order valence-corrected chi connectivity index (χ2v) is 6.45. The standard InChI is InChI=1S/C18H24N4O.ClH/c1-21(18(23)15-6-5-7-16(19)10-15)12-14-11-20-22(13-14)17-8-3-2-4-9-17;/h2-4,8-9,11,13,15-16H,5-7,10,12,19H2,1H3;1H. The Morgan fingerprint density at radius 3 is 2.79 bits per heavy atom. The van der Waals surface area contributed by atoms with Crippen molar-refractivity contribution in [1.82, 2.24) is 14.7 Å². The van der Waals surface area contributed by atoms with Crippen molar-refractivity contribution >= 4 is 18.3 Å². The first kappa shape index (κ1) is 18.5. The van der Waals surface area contributed by atoms with Crippen LogP contribution in [0.5, 0.6) is 0 Å². The van der Waals surface area contributed by atoms with Crippen LogP contribution in [0.3, 0.4) is 0 Å². The maximum Gasteiger partial charge on any atom is 0.225 e. The molecular formula is C18H25ClN4O. The Morgan fingerprint density at radius 2 is 2.08 bits per heavy atom. The summed E-state index contributed by atoms with van der Waals surface area (Å²) in [5.74, 6) is 0.278. The SMILES string of the molecule is CN(Cc1cnn(-c2ccccc2)c1)C(=O)C1CCCC(N)C1.Cl. The van der Waals surface area contributed by atoms with Crippen molar-refractivity contribution in [3.05, 3.63) is 48.3 Å². The summed E-state index contributed by atoms with van der Waals surface area (Å²) in [4.78, 5) is 14.4. The van der Waals surface area contributed by atoms with Gasteiger partial charge < -0.3 is 10.6 Å². The molecule has 5 nitrogen and oxygen atoms in total. The lowest BCUT2D eigenvalue weighted by molar-refractivity contribution is -0.135. The molecule has 2 N–H and O–H groups in total. The quantitative estimate of drug-likeness (QED) is 0.924. The maximum atomic E-state index is 12.6. The molecule has 24 heavy (non-hydrogen) atoms. The molecule has 2 atom stereocenters. The summed E-state index contributed by atoms with van der Waals surface area (Å²) in [6.45, 7) is 0.581. The zero-order chi connectivity index (χ0) is 16.2.